The average Bonchev–Trinajstić information content (AvgIpc) is 3.02. The van der Waals surface area contributed by atoms with Gasteiger partial charge in [-0.15, -0.1) is 0 Å². The molecule has 0 fully saturated rings. The van der Waals surface area contributed by atoms with Crippen molar-refractivity contribution in [2.45, 2.75) is 13.0 Å². The predicted molar refractivity (Wildman–Crippen MR) is 105 cm³/mol. The molecule has 0 atom stereocenters. The van der Waals surface area contributed by atoms with E-state index in [0.717, 1.165) is 28.6 Å². The van der Waals surface area contributed by atoms with E-state index in [1.54, 1.807) is 0 Å². The Kier molecular flexibility index (Phi) is 4.25. The zero-order valence-corrected chi connectivity index (χ0v) is 15.7. The number of para-hydroxylation sites is 2. The summed E-state index contributed by atoms with van der Waals surface area (Å²) in [5.41, 5.74) is 4.69. The Morgan fingerprint density at radius 2 is 2.00 bits per heavy atom. The predicted octanol–water partition coefficient (Wildman–Crippen LogP) is 3.95. The first-order chi connectivity index (χ1) is 12.1. The molecule has 2 aromatic carbocycles. The summed E-state index contributed by atoms with van der Waals surface area (Å²) < 4.78 is 1.07. The number of H-pyrrole nitrogens is 1. The standard InChI is InChI=1S/C20H20BrN3O/c1-23(14-6-3-2-4-7-14)13-19(25)24-11-10-18-16(12-24)15-8-5-9-17(21)20(15)22-18/h2-9,22H,10-13H2,1H3. The number of hydrogen-bond donors (Lipinski definition) is 1. The van der Waals surface area contributed by atoms with Crippen LogP contribution in [0.25, 0.3) is 10.9 Å². The second kappa shape index (κ2) is 6.56. The topological polar surface area (TPSA) is 39.3 Å². The van der Waals surface area contributed by atoms with E-state index in [1.807, 2.05) is 59.3 Å². The molecule has 4 rings (SSSR count). The fourth-order valence-electron chi connectivity index (χ4n) is 3.49. The van der Waals surface area contributed by atoms with Gasteiger partial charge in [0, 0.05) is 53.4 Å². The summed E-state index contributed by atoms with van der Waals surface area (Å²) in [6, 6.07) is 16.2. The van der Waals surface area contributed by atoms with Gasteiger partial charge in [0.1, 0.15) is 0 Å². The van der Waals surface area contributed by atoms with Crippen molar-refractivity contribution in [2.24, 2.45) is 0 Å². The van der Waals surface area contributed by atoms with Crippen molar-refractivity contribution in [2.75, 3.05) is 25.0 Å². The highest BCUT2D eigenvalue weighted by Crippen LogP contribution is 2.31. The van der Waals surface area contributed by atoms with Crippen molar-refractivity contribution in [3.63, 3.8) is 0 Å². The van der Waals surface area contributed by atoms with Gasteiger partial charge in [0.05, 0.1) is 12.1 Å². The molecule has 0 aliphatic carbocycles. The van der Waals surface area contributed by atoms with Crippen molar-refractivity contribution in [3.8, 4) is 0 Å². The zero-order chi connectivity index (χ0) is 17.4. The minimum atomic E-state index is 0.168. The van der Waals surface area contributed by atoms with Gasteiger partial charge in [-0.1, -0.05) is 30.3 Å². The van der Waals surface area contributed by atoms with Gasteiger partial charge in [-0.25, -0.2) is 0 Å². The minimum absolute atomic E-state index is 0.168. The van der Waals surface area contributed by atoms with E-state index in [-0.39, 0.29) is 5.91 Å². The van der Waals surface area contributed by atoms with Gasteiger partial charge in [-0.2, -0.15) is 0 Å². The van der Waals surface area contributed by atoms with E-state index in [2.05, 4.69) is 27.0 Å². The first-order valence-corrected chi connectivity index (χ1v) is 9.24. The lowest BCUT2D eigenvalue weighted by Crippen LogP contribution is -2.41. The van der Waals surface area contributed by atoms with Crippen LogP contribution < -0.4 is 4.90 Å². The molecule has 1 aliphatic heterocycles. The third kappa shape index (κ3) is 3.04. The number of fused-ring (bicyclic) bond motifs is 3. The van der Waals surface area contributed by atoms with E-state index in [0.29, 0.717) is 13.1 Å². The SMILES string of the molecule is CN(CC(=O)N1CCc2[nH]c3c(Br)cccc3c2C1)c1ccccc1. The molecule has 1 aliphatic rings. The largest absolute Gasteiger partial charge is 0.365 e. The molecule has 0 unspecified atom stereocenters. The number of hydrogen-bond acceptors (Lipinski definition) is 2. The lowest BCUT2D eigenvalue weighted by molar-refractivity contribution is -0.130. The summed E-state index contributed by atoms with van der Waals surface area (Å²) in [5, 5.41) is 1.21. The Bertz CT molecular complexity index is 919. The van der Waals surface area contributed by atoms with Crippen molar-refractivity contribution in [1.29, 1.82) is 0 Å². The molecule has 4 nitrogen and oxygen atoms in total. The van der Waals surface area contributed by atoms with E-state index in [1.165, 1.54) is 16.6 Å². The van der Waals surface area contributed by atoms with Crippen LogP contribution in [0.1, 0.15) is 11.3 Å². The second-order valence-corrected chi connectivity index (χ2v) is 7.36. The normalized spacial score (nSPS) is 13.8. The molecule has 0 saturated carbocycles. The van der Waals surface area contributed by atoms with Crippen LogP contribution in [0.15, 0.2) is 53.0 Å². The molecule has 2 heterocycles. The molecule has 5 heteroatoms. The summed E-state index contributed by atoms with van der Waals surface area (Å²) in [6.07, 6.45) is 0.872. The summed E-state index contributed by atoms with van der Waals surface area (Å²) in [7, 11) is 1.96. The molecule has 1 N–H and O–H groups in total. The van der Waals surface area contributed by atoms with Crippen molar-refractivity contribution in [3.05, 3.63) is 64.3 Å². The number of rotatable bonds is 3. The Labute approximate surface area is 155 Å². The number of aromatic nitrogens is 1. The quantitative estimate of drug-likeness (QED) is 0.726. The molecule has 0 spiro atoms. The van der Waals surface area contributed by atoms with Crippen LogP contribution in [-0.2, 0) is 17.8 Å². The van der Waals surface area contributed by atoms with Gasteiger partial charge in [0.25, 0.3) is 0 Å². The lowest BCUT2D eigenvalue weighted by Gasteiger charge is -2.29. The third-order valence-electron chi connectivity index (χ3n) is 4.88. The number of benzene rings is 2. The molecule has 1 amide bonds. The molecule has 0 radical (unpaired) electrons. The van der Waals surface area contributed by atoms with Crippen molar-refractivity contribution < 1.29 is 4.79 Å². The number of nitrogens with zero attached hydrogens (tertiary/aromatic N) is 2. The summed E-state index contributed by atoms with van der Waals surface area (Å²) in [5.74, 6) is 0.168. The van der Waals surface area contributed by atoms with Crippen LogP contribution in [-0.4, -0.2) is 35.9 Å². The highest BCUT2D eigenvalue weighted by atomic mass is 79.9. The fraction of sp³-hybridized carbons (Fsp3) is 0.250. The highest BCUT2D eigenvalue weighted by Gasteiger charge is 2.25. The van der Waals surface area contributed by atoms with E-state index in [4.69, 9.17) is 0 Å². The van der Waals surface area contributed by atoms with Gasteiger partial charge < -0.3 is 14.8 Å². The van der Waals surface area contributed by atoms with Crippen LogP contribution in [0.5, 0.6) is 0 Å². The van der Waals surface area contributed by atoms with Gasteiger partial charge in [0.2, 0.25) is 5.91 Å². The zero-order valence-electron chi connectivity index (χ0n) is 14.1. The Hall–Kier alpha value is -2.27. The number of likely N-dealkylation sites (N-methyl/N-ethyl adjacent to an activating group) is 1. The first-order valence-electron chi connectivity index (χ1n) is 8.45. The van der Waals surface area contributed by atoms with Gasteiger partial charge >= 0.3 is 0 Å². The van der Waals surface area contributed by atoms with Crippen LogP contribution >= 0.6 is 15.9 Å². The maximum Gasteiger partial charge on any atom is 0.242 e. The van der Waals surface area contributed by atoms with Crippen molar-refractivity contribution in [1.82, 2.24) is 9.88 Å². The summed E-state index contributed by atoms with van der Waals surface area (Å²) >= 11 is 3.61. The van der Waals surface area contributed by atoms with Crippen molar-refractivity contribution >= 4 is 38.4 Å². The monoisotopic (exact) mass is 397 g/mol. The number of amides is 1. The van der Waals surface area contributed by atoms with E-state index in [9.17, 15) is 4.79 Å². The average molecular weight is 398 g/mol. The number of anilines is 1. The molecule has 0 bridgehead atoms. The molecule has 3 aromatic rings. The molecular weight excluding hydrogens is 378 g/mol. The molecule has 1 aromatic heterocycles. The van der Waals surface area contributed by atoms with E-state index < -0.39 is 0 Å². The maximum atomic E-state index is 12.8. The van der Waals surface area contributed by atoms with Crippen LogP contribution in [0.3, 0.4) is 0 Å². The maximum absolute atomic E-state index is 12.8. The second-order valence-electron chi connectivity index (χ2n) is 6.50. The number of nitrogens with one attached hydrogen (secondary N) is 1. The number of aromatic amines is 1. The number of carbonyl (C=O) groups excluding carboxylic acids is 1. The van der Waals surface area contributed by atoms with Gasteiger partial charge in [0.15, 0.2) is 0 Å². The van der Waals surface area contributed by atoms with Crippen LogP contribution in [0, 0.1) is 0 Å². The molecule has 25 heavy (non-hydrogen) atoms. The van der Waals surface area contributed by atoms with Crippen LogP contribution in [0.2, 0.25) is 0 Å². The van der Waals surface area contributed by atoms with E-state index >= 15 is 0 Å². The Balaban J connectivity index is 1.53. The third-order valence-corrected chi connectivity index (χ3v) is 5.54. The molecule has 0 saturated heterocycles. The highest BCUT2D eigenvalue weighted by molar-refractivity contribution is 9.10. The first kappa shape index (κ1) is 16.2. The molecule has 128 valence electrons. The summed E-state index contributed by atoms with van der Waals surface area (Å²) in [4.78, 5) is 20.3. The number of carbonyl (C=O) groups is 1. The Morgan fingerprint density at radius 1 is 1.20 bits per heavy atom. The smallest absolute Gasteiger partial charge is 0.242 e. The minimum Gasteiger partial charge on any atom is -0.365 e. The number of halogens is 1. The van der Waals surface area contributed by atoms with Crippen LogP contribution in [0.4, 0.5) is 5.69 Å². The lowest BCUT2D eigenvalue weighted by atomic mass is 10.0. The molecular formula is C20H20BrN3O. The summed E-state index contributed by atoms with van der Waals surface area (Å²) in [6.45, 7) is 1.83. The fourth-order valence-corrected chi connectivity index (χ4v) is 3.96. The Morgan fingerprint density at radius 3 is 2.80 bits per heavy atom. The van der Waals surface area contributed by atoms with Gasteiger partial charge in [-0.3, -0.25) is 4.79 Å². The van der Waals surface area contributed by atoms with Gasteiger partial charge in [-0.05, 0) is 34.1 Å².